The zero-order valence-electron chi connectivity index (χ0n) is 18.2. The van der Waals surface area contributed by atoms with E-state index in [-0.39, 0.29) is 47.7 Å². The van der Waals surface area contributed by atoms with E-state index in [0.717, 1.165) is 22.2 Å². The summed E-state index contributed by atoms with van der Waals surface area (Å²) in [5, 5.41) is 25.2. The Balaban J connectivity index is 1.83. The molecule has 2 saturated heterocycles. The van der Waals surface area contributed by atoms with Crippen molar-refractivity contribution in [2.75, 3.05) is 6.54 Å². The van der Waals surface area contributed by atoms with E-state index in [9.17, 15) is 33.9 Å². The number of nitrogens with one attached hydrogen (secondary N) is 2. The number of hydrogen-bond donors (Lipinski definition) is 4. The number of carbonyl (C=O) groups is 6. The maximum absolute atomic E-state index is 13.4. The fraction of sp³-hybridized carbons (Fsp3) is 0.429. The van der Waals surface area contributed by atoms with Crippen LogP contribution < -0.4 is 10.6 Å². The van der Waals surface area contributed by atoms with Gasteiger partial charge in [0.05, 0.1) is 22.5 Å². The zero-order chi connectivity index (χ0) is 25.9. The van der Waals surface area contributed by atoms with E-state index in [0.29, 0.717) is 6.42 Å². The summed E-state index contributed by atoms with van der Waals surface area (Å²) in [6.07, 6.45) is 0.0481. The van der Waals surface area contributed by atoms with Crippen molar-refractivity contribution in [2.24, 2.45) is 0 Å². The quantitative estimate of drug-likeness (QED) is 0.369. The van der Waals surface area contributed by atoms with Gasteiger partial charge in [0.15, 0.2) is 5.75 Å². The number of aliphatic carboxylic acids is 1. The van der Waals surface area contributed by atoms with E-state index in [2.05, 4.69) is 10.6 Å². The minimum absolute atomic E-state index is 0.0338. The molecule has 3 atom stereocenters. The summed E-state index contributed by atoms with van der Waals surface area (Å²) in [5.41, 5.74) is -0.0338. The molecule has 4 amide bonds. The van der Waals surface area contributed by atoms with Crippen molar-refractivity contribution in [2.45, 2.75) is 50.2 Å². The van der Waals surface area contributed by atoms with Crippen molar-refractivity contribution < 1.29 is 39.0 Å². The topological polar surface area (TPSA) is 173 Å². The molecule has 0 radical (unpaired) electrons. The summed E-state index contributed by atoms with van der Waals surface area (Å²) >= 11 is 11.7. The number of phenolic OH excluding ortho intramolecular Hbond substituents is 1. The number of nitrogens with zero attached hydrogens (tertiary/aromatic N) is 2. The number of carbonyl (C=O) groups excluding carboxylic acids is 5. The molecule has 12 nitrogen and oxygen atoms in total. The number of halogens is 2. The summed E-state index contributed by atoms with van der Waals surface area (Å²) < 4.78 is 0. The first-order chi connectivity index (χ1) is 16.5. The van der Waals surface area contributed by atoms with Gasteiger partial charge in [-0.3, -0.25) is 29.0 Å². The number of rotatable bonds is 7. The molecule has 1 aromatic rings. The molecule has 14 heteroatoms. The van der Waals surface area contributed by atoms with Gasteiger partial charge in [-0.2, -0.15) is 0 Å². The minimum atomic E-state index is -1.31. The molecule has 1 unspecified atom stereocenters. The predicted octanol–water partition coefficient (Wildman–Crippen LogP) is 0.484. The van der Waals surface area contributed by atoms with Crippen LogP contribution in [-0.4, -0.2) is 80.8 Å². The van der Waals surface area contributed by atoms with Crippen LogP contribution in [-0.2, 0) is 24.0 Å². The predicted molar refractivity (Wildman–Crippen MR) is 120 cm³/mol. The second-order valence-electron chi connectivity index (χ2n) is 8.06. The molecule has 1 aromatic carbocycles. The van der Waals surface area contributed by atoms with E-state index in [4.69, 9.17) is 28.3 Å². The van der Waals surface area contributed by atoms with Gasteiger partial charge in [0.25, 0.3) is 11.8 Å². The van der Waals surface area contributed by atoms with Crippen LogP contribution in [0.25, 0.3) is 0 Å². The molecule has 2 aliphatic heterocycles. The molecule has 2 aliphatic rings. The monoisotopic (exact) mass is 528 g/mol. The highest BCUT2D eigenvalue weighted by Crippen LogP contribution is 2.33. The number of hydrazine groups is 1. The Kier molecular flexibility index (Phi) is 8.18. The largest absolute Gasteiger partial charge is 0.505 e. The first kappa shape index (κ1) is 26.2. The number of carboxylic acid groups (broad SMARTS) is 1. The summed E-state index contributed by atoms with van der Waals surface area (Å²) in [7, 11) is 0. The Bertz CT molecular complexity index is 1060. The van der Waals surface area contributed by atoms with Crippen molar-refractivity contribution in [3.8, 4) is 5.75 Å². The first-order valence-corrected chi connectivity index (χ1v) is 11.4. The van der Waals surface area contributed by atoms with Crippen LogP contribution in [0, 0.1) is 0 Å². The molecule has 4 N–H and O–H groups in total. The van der Waals surface area contributed by atoms with Gasteiger partial charge in [-0.1, -0.05) is 23.2 Å². The summed E-state index contributed by atoms with van der Waals surface area (Å²) in [6, 6.07) is -1.36. The number of fused-ring (bicyclic) bond motifs is 1. The summed E-state index contributed by atoms with van der Waals surface area (Å²) in [6.45, 7) is 0.171. The normalized spacial score (nSPS) is 21.0. The molecule has 35 heavy (non-hydrogen) atoms. The van der Waals surface area contributed by atoms with Crippen LogP contribution in [0.1, 0.15) is 42.5 Å². The number of hydrogen-bond acceptors (Lipinski definition) is 7. The van der Waals surface area contributed by atoms with Gasteiger partial charge in [-0.05, 0) is 31.4 Å². The Labute approximate surface area is 209 Å². The van der Waals surface area contributed by atoms with Gasteiger partial charge in [0.2, 0.25) is 11.8 Å². The van der Waals surface area contributed by atoms with E-state index in [1.54, 1.807) is 0 Å². The van der Waals surface area contributed by atoms with Crippen LogP contribution in [0.3, 0.4) is 0 Å². The number of benzene rings is 1. The minimum Gasteiger partial charge on any atom is -0.505 e. The van der Waals surface area contributed by atoms with Crippen molar-refractivity contribution in [3.05, 3.63) is 27.7 Å². The lowest BCUT2D eigenvalue weighted by molar-refractivity contribution is -0.176. The fourth-order valence-electron chi connectivity index (χ4n) is 3.94. The standard InChI is InChI=1S/C21H22Cl2N4O8/c22-12-6-10(7-13(23)18(12)32)19(33)25-14-3-4-16(29)26-5-1-2-15(27(26)21(14)35)20(34)24-11(9-28)8-17(30)31/h6-7,9,11,14-15,32H,1-5,8H2,(H,24,34)(H,25,33)(H,30,31)/t11?,14-,15-/m0/s1. The number of aromatic hydroxyl groups is 1. The Morgan fingerprint density at radius 3 is 2.43 bits per heavy atom. The number of amides is 4. The smallest absolute Gasteiger partial charge is 0.305 e. The van der Waals surface area contributed by atoms with E-state index < -0.39 is 59.9 Å². The fourth-order valence-corrected chi connectivity index (χ4v) is 4.43. The van der Waals surface area contributed by atoms with Crippen LogP contribution in [0.4, 0.5) is 0 Å². The first-order valence-electron chi connectivity index (χ1n) is 10.6. The van der Waals surface area contributed by atoms with Crippen molar-refractivity contribution in [3.63, 3.8) is 0 Å². The highest BCUT2D eigenvalue weighted by Gasteiger charge is 2.45. The highest BCUT2D eigenvalue weighted by atomic mass is 35.5. The third kappa shape index (κ3) is 5.82. The molecule has 0 aliphatic carbocycles. The molecule has 0 aromatic heterocycles. The molecule has 0 spiro atoms. The molecule has 2 fully saturated rings. The van der Waals surface area contributed by atoms with Crippen LogP contribution in [0.5, 0.6) is 5.75 Å². The number of phenols is 1. The van der Waals surface area contributed by atoms with Gasteiger partial charge < -0.3 is 25.6 Å². The van der Waals surface area contributed by atoms with Crippen molar-refractivity contribution in [1.82, 2.24) is 20.7 Å². The average Bonchev–Trinajstić information content (AvgIpc) is 2.93. The van der Waals surface area contributed by atoms with Crippen molar-refractivity contribution >= 4 is 59.1 Å². The molecular weight excluding hydrogens is 507 g/mol. The lowest BCUT2D eigenvalue weighted by atomic mass is 10.0. The van der Waals surface area contributed by atoms with Crippen LogP contribution in [0.2, 0.25) is 10.0 Å². The maximum Gasteiger partial charge on any atom is 0.305 e. The van der Waals surface area contributed by atoms with E-state index in [1.165, 1.54) is 0 Å². The second-order valence-corrected chi connectivity index (χ2v) is 8.87. The Morgan fingerprint density at radius 2 is 1.83 bits per heavy atom. The van der Waals surface area contributed by atoms with Gasteiger partial charge in [-0.15, -0.1) is 0 Å². The summed E-state index contributed by atoms with van der Waals surface area (Å²) in [5.74, 6) is -4.39. The zero-order valence-corrected chi connectivity index (χ0v) is 19.7. The van der Waals surface area contributed by atoms with Crippen LogP contribution in [0.15, 0.2) is 12.1 Å². The molecule has 188 valence electrons. The van der Waals surface area contributed by atoms with Crippen LogP contribution >= 0.6 is 23.2 Å². The number of aldehydes is 1. The summed E-state index contributed by atoms with van der Waals surface area (Å²) in [4.78, 5) is 73.9. The van der Waals surface area contributed by atoms with E-state index >= 15 is 0 Å². The van der Waals surface area contributed by atoms with Gasteiger partial charge >= 0.3 is 5.97 Å². The lowest BCUT2D eigenvalue weighted by Gasteiger charge is -2.43. The Hall–Kier alpha value is -3.38. The SMILES string of the molecule is O=CC(CC(=O)O)NC(=O)[C@@H]1CCCN2C(=O)CC[C@H](NC(=O)c3cc(Cl)c(O)c(Cl)c3)C(=O)N12. The van der Waals surface area contributed by atoms with Gasteiger partial charge in [0.1, 0.15) is 18.4 Å². The second kappa shape index (κ2) is 10.9. The molecular formula is C21H22Cl2N4O8. The average molecular weight is 529 g/mol. The molecule has 0 saturated carbocycles. The lowest BCUT2D eigenvalue weighted by Crippen LogP contribution is -2.64. The highest BCUT2D eigenvalue weighted by molar-refractivity contribution is 6.37. The third-order valence-corrected chi connectivity index (χ3v) is 6.21. The van der Waals surface area contributed by atoms with E-state index in [1.807, 2.05) is 0 Å². The molecule has 2 heterocycles. The van der Waals surface area contributed by atoms with Crippen molar-refractivity contribution in [1.29, 1.82) is 0 Å². The number of carboxylic acids is 1. The maximum atomic E-state index is 13.4. The molecule has 3 rings (SSSR count). The van der Waals surface area contributed by atoms with Gasteiger partial charge in [-0.25, -0.2) is 5.01 Å². The third-order valence-electron chi connectivity index (χ3n) is 5.63. The Morgan fingerprint density at radius 1 is 1.17 bits per heavy atom. The molecule has 0 bridgehead atoms. The van der Waals surface area contributed by atoms with Gasteiger partial charge in [0, 0.05) is 18.5 Å².